The van der Waals surface area contributed by atoms with Crippen LogP contribution in [0.15, 0.2) is 18.2 Å². The molecule has 0 aromatic heterocycles. The predicted molar refractivity (Wildman–Crippen MR) is 60.1 cm³/mol. The summed E-state index contributed by atoms with van der Waals surface area (Å²) in [5.74, 6) is 0.174. The van der Waals surface area contributed by atoms with E-state index in [1.54, 1.807) is 6.07 Å². The third-order valence-electron chi connectivity index (χ3n) is 1.87. The standard InChI is InChI=1S/C11H15ClFNO/c1-2-5-14-6-7-15-9-3-4-11(13)10(12)8-9/h3-4,8,14H,2,5-7H2,1H3. The number of hydrogen-bond acceptors (Lipinski definition) is 2. The number of rotatable bonds is 6. The van der Waals surface area contributed by atoms with Gasteiger partial charge in [-0.3, -0.25) is 0 Å². The van der Waals surface area contributed by atoms with Crippen molar-refractivity contribution in [2.24, 2.45) is 0 Å². The second-order valence-corrected chi connectivity index (χ2v) is 3.58. The minimum Gasteiger partial charge on any atom is -0.492 e. The van der Waals surface area contributed by atoms with E-state index in [0.717, 1.165) is 19.5 Å². The predicted octanol–water partition coefficient (Wildman–Crippen LogP) is 2.86. The van der Waals surface area contributed by atoms with Gasteiger partial charge in [-0.2, -0.15) is 0 Å². The number of ether oxygens (including phenoxy) is 1. The second-order valence-electron chi connectivity index (χ2n) is 3.17. The van der Waals surface area contributed by atoms with Gasteiger partial charge in [-0.15, -0.1) is 0 Å². The van der Waals surface area contributed by atoms with Crippen LogP contribution in [0.1, 0.15) is 13.3 Å². The van der Waals surface area contributed by atoms with Crippen LogP contribution in [0.4, 0.5) is 4.39 Å². The smallest absolute Gasteiger partial charge is 0.142 e. The zero-order valence-corrected chi connectivity index (χ0v) is 9.48. The van der Waals surface area contributed by atoms with Crippen LogP contribution >= 0.6 is 11.6 Å². The molecule has 0 unspecified atom stereocenters. The molecule has 0 aliphatic rings. The molecule has 15 heavy (non-hydrogen) atoms. The second kappa shape index (κ2) is 6.64. The maximum absolute atomic E-state index is 12.8. The van der Waals surface area contributed by atoms with Gasteiger partial charge < -0.3 is 10.1 Å². The van der Waals surface area contributed by atoms with E-state index in [2.05, 4.69) is 12.2 Å². The van der Waals surface area contributed by atoms with Crippen molar-refractivity contribution in [1.82, 2.24) is 5.32 Å². The lowest BCUT2D eigenvalue weighted by Gasteiger charge is -2.07. The fourth-order valence-corrected chi connectivity index (χ4v) is 1.28. The van der Waals surface area contributed by atoms with Crippen molar-refractivity contribution in [3.8, 4) is 5.75 Å². The maximum Gasteiger partial charge on any atom is 0.142 e. The van der Waals surface area contributed by atoms with Gasteiger partial charge in [-0.1, -0.05) is 18.5 Å². The van der Waals surface area contributed by atoms with E-state index in [9.17, 15) is 4.39 Å². The molecule has 1 N–H and O–H groups in total. The van der Waals surface area contributed by atoms with Crippen molar-refractivity contribution in [2.75, 3.05) is 19.7 Å². The first-order chi connectivity index (χ1) is 7.24. The van der Waals surface area contributed by atoms with Crippen LogP contribution in [0.25, 0.3) is 0 Å². The molecule has 0 saturated heterocycles. The molecule has 0 heterocycles. The molecule has 0 radical (unpaired) electrons. The van der Waals surface area contributed by atoms with Crippen molar-refractivity contribution in [3.63, 3.8) is 0 Å². The maximum atomic E-state index is 12.8. The molecule has 1 rings (SSSR count). The Kier molecular flexibility index (Phi) is 5.43. The van der Waals surface area contributed by atoms with Crippen molar-refractivity contribution in [3.05, 3.63) is 29.0 Å². The number of nitrogens with one attached hydrogen (secondary N) is 1. The lowest BCUT2D eigenvalue weighted by molar-refractivity contribution is 0.314. The molecule has 2 nitrogen and oxygen atoms in total. The Hall–Kier alpha value is -0.800. The molecule has 0 saturated carbocycles. The zero-order chi connectivity index (χ0) is 11.1. The van der Waals surface area contributed by atoms with E-state index in [-0.39, 0.29) is 5.02 Å². The van der Waals surface area contributed by atoms with Crippen LogP contribution in [0.5, 0.6) is 5.75 Å². The Balaban J connectivity index is 2.28. The number of benzene rings is 1. The summed E-state index contributed by atoms with van der Waals surface area (Å²) in [7, 11) is 0. The topological polar surface area (TPSA) is 21.3 Å². The SMILES string of the molecule is CCCNCCOc1ccc(F)c(Cl)c1. The quantitative estimate of drug-likeness (QED) is 0.761. The summed E-state index contributed by atoms with van der Waals surface area (Å²) in [6, 6.07) is 4.36. The fraction of sp³-hybridized carbons (Fsp3) is 0.455. The van der Waals surface area contributed by atoms with Gasteiger partial charge in [0.25, 0.3) is 0 Å². The van der Waals surface area contributed by atoms with E-state index in [4.69, 9.17) is 16.3 Å². The Morgan fingerprint density at radius 1 is 1.40 bits per heavy atom. The summed E-state index contributed by atoms with van der Waals surface area (Å²) in [4.78, 5) is 0. The molecule has 0 atom stereocenters. The van der Waals surface area contributed by atoms with Gasteiger partial charge in [0.2, 0.25) is 0 Å². The highest BCUT2D eigenvalue weighted by molar-refractivity contribution is 6.30. The van der Waals surface area contributed by atoms with Crippen LogP contribution in [0.3, 0.4) is 0 Å². The Morgan fingerprint density at radius 2 is 2.20 bits per heavy atom. The highest BCUT2D eigenvalue weighted by Crippen LogP contribution is 2.20. The summed E-state index contributed by atoms with van der Waals surface area (Å²) < 4.78 is 18.2. The van der Waals surface area contributed by atoms with Gasteiger partial charge in [0.15, 0.2) is 0 Å². The molecular weight excluding hydrogens is 217 g/mol. The first kappa shape index (κ1) is 12.3. The Labute approximate surface area is 94.4 Å². The van der Waals surface area contributed by atoms with Gasteiger partial charge in [-0.05, 0) is 25.1 Å². The molecule has 0 amide bonds. The van der Waals surface area contributed by atoms with Crippen molar-refractivity contribution in [1.29, 1.82) is 0 Å². The van der Waals surface area contributed by atoms with E-state index < -0.39 is 5.82 Å². The van der Waals surface area contributed by atoms with Crippen molar-refractivity contribution in [2.45, 2.75) is 13.3 Å². The van der Waals surface area contributed by atoms with Gasteiger partial charge >= 0.3 is 0 Å². The molecule has 4 heteroatoms. The Morgan fingerprint density at radius 3 is 2.87 bits per heavy atom. The van der Waals surface area contributed by atoms with Gasteiger partial charge in [0.1, 0.15) is 18.2 Å². The molecular formula is C11H15ClFNO. The van der Waals surface area contributed by atoms with E-state index >= 15 is 0 Å². The van der Waals surface area contributed by atoms with Crippen molar-refractivity contribution >= 4 is 11.6 Å². The average Bonchev–Trinajstić information content (AvgIpc) is 2.23. The first-order valence-electron chi connectivity index (χ1n) is 5.02. The zero-order valence-electron chi connectivity index (χ0n) is 8.72. The minimum absolute atomic E-state index is 0.0917. The number of halogens is 2. The van der Waals surface area contributed by atoms with Crippen LogP contribution < -0.4 is 10.1 Å². The van der Waals surface area contributed by atoms with Gasteiger partial charge in [0.05, 0.1) is 5.02 Å². The first-order valence-corrected chi connectivity index (χ1v) is 5.40. The molecule has 1 aromatic carbocycles. The Bertz CT molecular complexity index is 307. The normalized spacial score (nSPS) is 10.3. The lowest BCUT2D eigenvalue weighted by atomic mass is 10.3. The van der Waals surface area contributed by atoms with E-state index in [1.165, 1.54) is 12.1 Å². The summed E-state index contributed by atoms with van der Waals surface area (Å²) in [5.41, 5.74) is 0. The third kappa shape index (κ3) is 4.49. The van der Waals surface area contributed by atoms with Crippen LogP contribution in [0.2, 0.25) is 5.02 Å². The van der Waals surface area contributed by atoms with Gasteiger partial charge in [0, 0.05) is 12.6 Å². The molecule has 0 aliphatic carbocycles. The third-order valence-corrected chi connectivity index (χ3v) is 2.16. The summed E-state index contributed by atoms with van der Waals surface area (Å²) >= 11 is 5.61. The van der Waals surface area contributed by atoms with E-state index in [1.807, 2.05) is 0 Å². The monoisotopic (exact) mass is 231 g/mol. The highest BCUT2D eigenvalue weighted by atomic mass is 35.5. The summed E-state index contributed by atoms with van der Waals surface area (Å²) in [6.45, 7) is 4.42. The summed E-state index contributed by atoms with van der Waals surface area (Å²) in [6.07, 6.45) is 1.10. The summed E-state index contributed by atoms with van der Waals surface area (Å²) in [5, 5.41) is 3.29. The molecule has 84 valence electrons. The molecule has 1 aromatic rings. The van der Waals surface area contributed by atoms with Crippen molar-refractivity contribution < 1.29 is 9.13 Å². The lowest BCUT2D eigenvalue weighted by Crippen LogP contribution is -2.21. The fourth-order valence-electron chi connectivity index (χ4n) is 1.11. The molecule has 0 fully saturated rings. The van der Waals surface area contributed by atoms with Crippen LogP contribution in [0, 0.1) is 5.82 Å². The average molecular weight is 232 g/mol. The molecule has 0 spiro atoms. The van der Waals surface area contributed by atoms with E-state index in [0.29, 0.717) is 12.4 Å². The molecule has 0 bridgehead atoms. The van der Waals surface area contributed by atoms with Gasteiger partial charge in [-0.25, -0.2) is 4.39 Å². The van der Waals surface area contributed by atoms with Crippen LogP contribution in [-0.2, 0) is 0 Å². The highest BCUT2D eigenvalue weighted by Gasteiger charge is 2.00. The minimum atomic E-state index is -0.423. The number of hydrogen-bond donors (Lipinski definition) is 1. The van der Waals surface area contributed by atoms with Crippen LogP contribution in [-0.4, -0.2) is 19.7 Å². The largest absolute Gasteiger partial charge is 0.492 e. The molecule has 0 aliphatic heterocycles.